The molecular formula is C21H26N2O. The van der Waals surface area contributed by atoms with Gasteiger partial charge in [-0.15, -0.1) is 0 Å². The topological polar surface area (TPSA) is 32.3 Å². The van der Waals surface area contributed by atoms with Crippen molar-refractivity contribution in [1.29, 1.82) is 0 Å². The second kappa shape index (κ2) is 8.11. The van der Waals surface area contributed by atoms with Crippen LogP contribution >= 0.6 is 0 Å². The lowest BCUT2D eigenvalue weighted by molar-refractivity contribution is -0.126. The van der Waals surface area contributed by atoms with Crippen LogP contribution in [0.15, 0.2) is 54.6 Å². The zero-order chi connectivity index (χ0) is 16.8. The van der Waals surface area contributed by atoms with E-state index in [1.807, 2.05) is 18.2 Å². The number of hydrogen-bond acceptors (Lipinski definition) is 2. The van der Waals surface area contributed by atoms with Gasteiger partial charge in [0.15, 0.2) is 0 Å². The summed E-state index contributed by atoms with van der Waals surface area (Å²) in [6.45, 7) is 5.95. The van der Waals surface area contributed by atoms with Crippen LogP contribution in [-0.2, 0) is 11.3 Å². The van der Waals surface area contributed by atoms with E-state index in [4.69, 9.17) is 0 Å². The Labute approximate surface area is 144 Å². The van der Waals surface area contributed by atoms with Crippen LogP contribution < -0.4 is 5.32 Å². The third-order valence-electron chi connectivity index (χ3n) is 4.91. The first-order chi connectivity index (χ1) is 11.8. The lowest BCUT2D eigenvalue weighted by atomic mass is 9.96. The van der Waals surface area contributed by atoms with E-state index >= 15 is 0 Å². The van der Waals surface area contributed by atoms with Gasteiger partial charge in [-0.25, -0.2) is 0 Å². The molecule has 0 bridgehead atoms. The number of amides is 1. The number of nitrogens with one attached hydrogen (secondary N) is 1. The zero-order valence-corrected chi connectivity index (χ0v) is 14.4. The van der Waals surface area contributed by atoms with Crippen molar-refractivity contribution in [2.24, 2.45) is 5.92 Å². The molecule has 24 heavy (non-hydrogen) atoms. The maximum Gasteiger partial charge on any atom is 0.223 e. The van der Waals surface area contributed by atoms with E-state index < -0.39 is 0 Å². The van der Waals surface area contributed by atoms with Gasteiger partial charge in [0.1, 0.15) is 0 Å². The molecule has 1 amide bonds. The highest BCUT2D eigenvalue weighted by Gasteiger charge is 2.23. The van der Waals surface area contributed by atoms with Crippen molar-refractivity contribution in [1.82, 2.24) is 10.2 Å². The number of nitrogens with zero attached hydrogens (tertiary/aromatic N) is 1. The summed E-state index contributed by atoms with van der Waals surface area (Å²) in [5.74, 6) is 0.376. The molecule has 1 aliphatic rings. The fourth-order valence-electron chi connectivity index (χ4n) is 3.34. The molecule has 0 radical (unpaired) electrons. The van der Waals surface area contributed by atoms with Crippen LogP contribution in [0.4, 0.5) is 0 Å². The van der Waals surface area contributed by atoms with Crippen molar-refractivity contribution in [2.45, 2.75) is 26.3 Å². The largest absolute Gasteiger partial charge is 0.352 e. The Morgan fingerprint density at radius 1 is 1.04 bits per heavy atom. The summed E-state index contributed by atoms with van der Waals surface area (Å²) in [6, 6.07) is 18.8. The fraction of sp³-hybridized carbons (Fsp3) is 0.381. The minimum Gasteiger partial charge on any atom is -0.352 e. The van der Waals surface area contributed by atoms with Crippen LogP contribution in [0.3, 0.4) is 0 Å². The third kappa shape index (κ3) is 4.24. The van der Waals surface area contributed by atoms with Crippen LogP contribution in [0, 0.1) is 5.92 Å². The number of carbonyl (C=O) groups excluding carboxylic acids is 1. The van der Waals surface area contributed by atoms with Crippen LogP contribution in [0.1, 0.15) is 25.3 Å². The van der Waals surface area contributed by atoms with E-state index in [-0.39, 0.29) is 11.8 Å². The van der Waals surface area contributed by atoms with Crippen molar-refractivity contribution in [3.8, 4) is 11.1 Å². The van der Waals surface area contributed by atoms with Crippen molar-refractivity contribution in [3.63, 3.8) is 0 Å². The second-order valence-electron chi connectivity index (χ2n) is 6.49. The van der Waals surface area contributed by atoms with Gasteiger partial charge in [0.2, 0.25) is 5.91 Å². The first-order valence-corrected chi connectivity index (χ1v) is 8.90. The normalized spacial score (nSPS) is 16.0. The van der Waals surface area contributed by atoms with Gasteiger partial charge >= 0.3 is 0 Å². The van der Waals surface area contributed by atoms with Crippen molar-refractivity contribution in [2.75, 3.05) is 19.6 Å². The lowest BCUT2D eigenvalue weighted by Gasteiger charge is -2.30. The second-order valence-corrected chi connectivity index (χ2v) is 6.49. The molecule has 0 spiro atoms. The molecule has 3 nitrogen and oxygen atoms in total. The van der Waals surface area contributed by atoms with Gasteiger partial charge in [-0.2, -0.15) is 0 Å². The van der Waals surface area contributed by atoms with Crippen molar-refractivity contribution in [3.05, 3.63) is 60.2 Å². The molecule has 1 fully saturated rings. The first kappa shape index (κ1) is 16.7. The molecule has 0 unspecified atom stereocenters. The van der Waals surface area contributed by atoms with Gasteiger partial charge in [0.05, 0.1) is 0 Å². The molecule has 1 N–H and O–H groups in total. The summed E-state index contributed by atoms with van der Waals surface area (Å²) in [4.78, 5) is 14.8. The lowest BCUT2D eigenvalue weighted by Crippen LogP contribution is -2.40. The highest BCUT2D eigenvalue weighted by atomic mass is 16.1. The van der Waals surface area contributed by atoms with Crippen molar-refractivity contribution >= 4 is 5.91 Å². The predicted octanol–water partition coefficient (Wildman–Crippen LogP) is 3.70. The average Bonchev–Trinajstić information content (AvgIpc) is 2.67. The summed E-state index contributed by atoms with van der Waals surface area (Å²) < 4.78 is 0. The molecule has 2 aromatic carbocycles. The van der Waals surface area contributed by atoms with Gasteiger partial charge in [0, 0.05) is 12.5 Å². The Hall–Kier alpha value is -2.13. The van der Waals surface area contributed by atoms with Gasteiger partial charge < -0.3 is 10.2 Å². The molecule has 1 heterocycles. The van der Waals surface area contributed by atoms with Crippen LogP contribution in [0.5, 0.6) is 0 Å². The quantitative estimate of drug-likeness (QED) is 0.910. The monoisotopic (exact) mass is 322 g/mol. The number of carbonyl (C=O) groups is 1. The Bertz CT molecular complexity index is 661. The van der Waals surface area contributed by atoms with Gasteiger partial charge in [-0.3, -0.25) is 4.79 Å². The molecule has 0 aliphatic carbocycles. The summed E-state index contributed by atoms with van der Waals surface area (Å²) >= 11 is 0. The van der Waals surface area contributed by atoms with Crippen LogP contribution in [-0.4, -0.2) is 30.4 Å². The third-order valence-corrected chi connectivity index (χ3v) is 4.91. The van der Waals surface area contributed by atoms with E-state index in [1.54, 1.807) is 0 Å². The minimum atomic E-state index is 0.171. The molecule has 0 atom stereocenters. The molecular weight excluding hydrogens is 296 g/mol. The Morgan fingerprint density at radius 3 is 2.46 bits per heavy atom. The number of piperidine rings is 1. The maximum atomic E-state index is 12.4. The van der Waals surface area contributed by atoms with E-state index in [1.165, 1.54) is 11.1 Å². The smallest absolute Gasteiger partial charge is 0.223 e. The number of benzene rings is 2. The molecule has 0 aromatic heterocycles. The molecule has 2 aromatic rings. The van der Waals surface area contributed by atoms with Gasteiger partial charge in [-0.05, 0) is 55.2 Å². The summed E-state index contributed by atoms with van der Waals surface area (Å²) in [7, 11) is 0. The molecule has 1 aliphatic heterocycles. The van der Waals surface area contributed by atoms with E-state index in [2.05, 4.69) is 53.5 Å². The van der Waals surface area contributed by atoms with Gasteiger partial charge in [-0.1, -0.05) is 55.5 Å². The van der Waals surface area contributed by atoms with E-state index in [0.717, 1.165) is 38.0 Å². The standard InChI is InChI=1S/C21H26N2O/c1-2-23-13-11-19(12-14-23)21(24)22-16-17-7-6-10-20(15-17)18-8-4-3-5-9-18/h3-10,15,19H,2,11-14,16H2,1H3,(H,22,24). The van der Waals surface area contributed by atoms with E-state index in [0.29, 0.717) is 6.54 Å². The predicted molar refractivity (Wildman–Crippen MR) is 98.6 cm³/mol. The van der Waals surface area contributed by atoms with Crippen molar-refractivity contribution < 1.29 is 4.79 Å². The molecule has 3 heteroatoms. The first-order valence-electron chi connectivity index (χ1n) is 8.90. The molecule has 126 valence electrons. The highest BCUT2D eigenvalue weighted by Crippen LogP contribution is 2.20. The SMILES string of the molecule is CCN1CCC(C(=O)NCc2cccc(-c3ccccc3)c2)CC1. The number of rotatable bonds is 5. The Morgan fingerprint density at radius 2 is 1.75 bits per heavy atom. The van der Waals surface area contributed by atoms with Crippen LogP contribution in [0.25, 0.3) is 11.1 Å². The minimum absolute atomic E-state index is 0.171. The fourth-order valence-corrected chi connectivity index (χ4v) is 3.34. The Balaban J connectivity index is 1.56. The Kier molecular flexibility index (Phi) is 5.65. The molecule has 1 saturated heterocycles. The van der Waals surface area contributed by atoms with Crippen LogP contribution in [0.2, 0.25) is 0 Å². The molecule has 0 saturated carbocycles. The van der Waals surface area contributed by atoms with Gasteiger partial charge in [0.25, 0.3) is 0 Å². The summed E-state index contributed by atoms with van der Waals surface area (Å²) in [5, 5.41) is 3.12. The number of hydrogen-bond donors (Lipinski definition) is 1. The molecule has 3 rings (SSSR count). The zero-order valence-electron chi connectivity index (χ0n) is 14.4. The summed E-state index contributed by atoms with van der Waals surface area (Å²) in [6.07, 6.45) is 1.95. The highest BCUT2D eigenvalue weighted by molar-refractivity contribution is 5.78. The summed E-state index contributed by atoms with van der Waals surface area (Å²) in [5.41, 5.74) is 3.55. The van der Waals surface area contributed by atoms with E-state index in [9.17, 15) is 4.79 Å². The average molecular weight is 322 g/mol. The number of likely N-dealkylation sites (tertiary alicyclic amines) is 1. The maximum absolute atomic E-state index is 12.4.